The summed E-state index contributed by atoms with van der Waals surface area (Å²) in [6.07, 6.45) is 0. The van der Waals surface area contributed by atoms with E-state index in [2.05, 4.69) is 0 Å². The quantitative estimate of drug-likeness (QED) is 0.921. The molecule has 0 saturated heterocycles. The van der Waals surface area contributed by atoms with Gasteiger partial charge in [-0.25, -0.2) is 0 Å². The van der Waals surface area contributed by atoms with Gasteiger partial charge >= 0.3 is 0 Å². The van der Waals surface area contributed by atoms with Gasteiger partial charge in [0.2, 0.25) is 0 Å². The summed E-state index contributed by atoms with van der Waals surface area (Å²) in [6.45, 7) is 3.70. The third-order valence-electron chi connectivity index (χ3n) is 3.39. The smallest absolute Gasteiger partial charge is 0.118 e. The lowest BCUT2D eigenvalue weighted by Gasteiger charge is -2.25. The van der Waals surface area contributed by atoms with Crippen molar-refractivity contribution in [2.75, 3.05) is 7.11 Å². The molecule has 2 rings (SSSR count). The van der Waals surface area contributed by atoms with Gasteiger partial charge in [-0.3, -0.25) is 0 Å². The van der Waals surface area contributed by atoms with Gasteiger partial charge < -0.3 is 9.84 Å². The third kappa shape index (κ3) is 2.75. The lowest BCUT2D eigenvalue weighted by molar-refractivity contribution is 0.102. The number of aryl methyl sites for hydroxylation is 1. The molecule has 0 heterocycles. The molecule has 0 aromatic heterocycles. The average molecular weight is 277 g/mol. The summed E-state index contributed by atoms with van der Waals surface area (Å²) in [5, 5.41) is 11.4. The first kappa shape index (κ1) is 13.9. The molecule has 100 valence electrons. The summed E-state index contributed by atoms with van der Waals surface area (Å²) >= 11 is 6.12. The molecule has 0 spiro atoms. The van der Waals surface area contributed by atoms with E-state index in [1.807, 2.05) is 43.3 Å². The number of benzene rings is 2. The predicted octanol–water partition coefficient (Wildman–Crippen LogP) is 3.91. The Morgan fingerprint density at radius 1 is 1.05 bits per heavy atom. The monoisotopic (exact) mass is 276 g/mol. The van der Waals surface area contributed by atoms with E-state index in [9.17, 15) is 5.11 Å². The number of aliphatic hydroxyl groups is 1. The van der Waals surface area contributed by atoms with E-state index in [4.69, 9.17) is 16.3 Å². The molecular formula is C16H17ClO2. The van der Waals surface area contributed by atoms with Gasteiger partial charge in [0.15, 0.2) is 0 Å². The molecule has 1 atom stereocenters. The van der Waals surface area contributed by atoms with Gasteiger partial charge in [0, 0.05) is 5.02 Å². The normalized spacial score (nSPS) is 13.9. The van der Waals surface area contributed by atoms with Gasteiger partial charge in [-0.15, -0.1) is 0 Å². The molecule has 0 bridgehead atoms. The van der Waals surface area contributed by atoms with E-state index >= 15 is 0 Å². The van der Waals surface area contributed by atoms with Gasteiger partial charge in [-0.05, 0) is 48.7 Å². The van der Waals surface area contributed by atoms with E-state index in [0.29, 0.717) is 5.02 Å². The molecule has 0 fully saturated rings. The van der Waals surface area contributed by atoms with Crippen molar-refractivity contribution < 1.29 is 9.84 Å². The third-order valence-corrected chi connectivity index (χ3v) is 3.79. The van der Waals surface area contributed by atoms with Crippen LogP contribution < -0.4 is 4.74 Å². The molecule has 19 heavy (non-hydrogen) atoms. The molecule has 0 saturated carbocycles. The zero-order valence-corrected chi connectivity index (χ0v) is 12.0. The highest BCUT2D eigenvalue weighted by molar-refractivity contribution is 6.31. The van der Waals surface area contributed by atoms with Crippen LogP contribution in [0, 0.1) is 6.92 Å². The predicted molar refractivity (Wildman–Crippen MR) is 77.9 cm³/mol. The lowest BCUT2D eigenvalue weighted by atomic mass is 9.88. The maximum absolute atomic E-state index is 10.7. The maximum atomic E-state index is 10.7. The molecule has 2 aromatic rings. The second-order valence-corrected chi connectivity index (χ2v) is 5.17. The van der Waals surface area contributed by atoms with Crippen molar-refractivity contribution >= 4 is 11.6 Å². The average Bonchev–Trinajstić information content (AvgIpc) is 2.41. The highest BCUT2D eigenvalue weighted by Crippen LogP contribution is 2.32. The Balaban J connectivity index is 2.41. The van der Waals surface area contributed by atoms with Crippen molar-refractivity contribution in [3.8, 4) is 5.75 Å². The van der Waals surface area contributed by atoms with Gasteiger partial charge in [-0.1, -0.05) is 35.9 Å². The van der Waals surface area contributed by atoms with Crippen LogP contribution in [0.15, 0.2) is 42.5 Å². The van der Waals surface area contributed by atoms with Crippen molar-refractivity contribution in [2.45, 2.75) is 19.4 Å². The molecule has 1 unspecified atom stereocenters. The summed E-state index contributed by atoms with van der Waals surface area (Å²) in [4.78, 5) is 0. The molecule has 0 radical (unpaired) electrons. The van der Waals surface area contributed by atoms with Gasteiger partial charge in [0.25, 0.3) is 0 Å². The van der Waals surface area contributed by atoms with Crippen LogP contribution in [0.3, 0.4) is 0 Å². The van der Waals surface area contributed by atoms with Gasteiger partial charge in [0.05, 0.1) is 7.11 Å². The van der Waals surface area contributed by atoms with E-state index in [0.717, 1.165) is 22.4 Å². The first-order chi connectivity index (χ1) is 8.95. The summed E-state index contributed by atoms with van der Waals surface area (Å²) in [7, 11) is 1.62. The Kier molecular flexibility index (Phi) is 3.83. The van der Waals surface area contributed by atoms with Crippen LogP contribution in [0.25, 0.3) is 0 Å². The number of hydrogen-bond acceptors (Lipinski definition) is 2. The first-order valence-electron chi connectivity index (χ1n) is 6.08. The highest BCUT2D eigenvalue weighted by atomic mass is 35.5. The minimum Gasteiger partial charge on any atom is -0.497 e. The standard InChI is InChI=1S/C16H17ClO2/c1-11-4-5-13(10-15(11)17)16(2,18)12-6-8-14(19-3)9-7-12/h4-10,18H,1-3H3. The fourth-order valence-corrected chi connectivity index (χ4v) is 2.16. The minimum absolute atomic E-state index is 0.659. The number of ether oxygens (including phenoxy) is 1. The molecule has 0 amide bonds. The Bertz CT molecular complexity index is 574. The van der Waals surface area contributed by atoms with Crippen molar-refractivity contribution in [1.82, 2.24) is 0 Å². The number of rotatable bonds is 3. The van der Waals surface area contributed by atoms with Crippen LogP contribution in [0.1, 0.15) is 23.6 Å². The second kappa shape index (κ2) is 5.24. The lowest BCUT2D eigenvalue weighted by Crippen LogP contribution is -2.22. The van der Waals surface area contributed by atoms with Crippen molar-refractivity contribution in [2.24, 2.45) is 0 Å². The van der Waals surface area contributed by atoms with Crippen LogP contribution in [0.5, 0.6) is 5.75 Å². The van der Waals surface area contributed by atoms with Gasteiger partial charge in [-0.2, -0.15) is 0 Å². The fraction of sp³-hybridized carbons (Fsp3) is 0.250. The van der Waals surface area contributed by atoms with Crippen molar-refractivity contribution in [3.05, 3.63) is 64.2 Å². The van der Waals surface area contributed by atoms with Crippen LogP contribution in [0.4, 0.5) is 0 Å². The molecule has 2 aromatic carbocycles. The number of halogens is 1. The zero-order chi connectivity index (χ0) is 14.0. The summed E-state index contributed by atoms with van der Waals surface area (Å²) in [5.74, 6) is 0.765. The maximum Gasteiger partial charge on any atom is 0.118 e. The van der Waals surface area contributed by atoms with Crippen LogP contribution >= 0.6 is 11.6 Å². The van der Waals surface area contributed by atoms with E-state index in [1.54, 1.807) is 20.1 Å². The molecule has 3 heteroatoms. The highest BCUT2D eigenvalue weighted by Gasteiger charge is 2.26. The molecule has 0 aliphatic carbocycles. The second-order valence-electron chi connectivity index (χ2n) is 4.76. The number of methoxy groups -OCH3 is 1. The Morgan fingerprint density at radius 3 is 2.16 bits per heavy atom. The molecule has 2 nitrogen and oxygen atoms in total. The zero-order valence-electron chi connectivity index (χ0n) is 11.3. The SMILES string of the molecule is COc1ccc(C(C)(O)c2ccc(C)c(Cl)c2)cc1. The Labute approximate surface area is 118 Å². The van der Waals surface area contributed by atoms with E-state index in [1.165, 1.54) is 0 Å². The van der Waals surface area contributed by atoms with Crippen molar-refractivity contribution in [1.29, 1.82) is 0 Å². The van der Waals surface area contributed by atoms with Crippen LogP contribution in [-0.4, -0.2) is 12.2 Å². The summed E-state index contributed by atoms with van der Waals surface area (Å²) in [5.41, 5.74) is 1.49. The first-order valence-corrected chi connectivity index (χ1v) is 6.46. The Morgan fingerprint density at radius 2 is 1.63 bits per heavy atom. The molecule has 0 aliphatic heterocycles. The molecule has 0 aliphatic rings. The van der Waals surface area contributed by atoms with Gasteiger partial charge in [0.1, 0.15) is 11.4 Å². The topological polar surface area (TPSA) is 29.5 Å². The van der Waals surface area contributed by atoms with E-state index < -0.39 is 5.60 Å². The summed E-state index contributed by atoms with van der Waals surface area (Å²) in [6, 6.07) is 13.0. The fourth-order valence-electron chi connectivity index (χ4n) is 1.98. The van der Waals surface area contributed by atoms with Crippen LogP contribution in [-0.2, 0) is 5.60 Å². The van der Waals surface area contributed by atoms with Crippen LogP contribution in [0.2, 0.25) is 5.02 Å². The van der Waals surface area contributed by atoms with Crippen molar-refractivity contribution in [3.63, 3.8) is 0 Å². The largest absolute Gasteiger partial charge is 0.497 e. The van der Waals surface area contributed by atoms with E-state index in [-0.39, 0.29) is 0 Å². The molecular weight excluding hydrogens is 260 g/mol. The Hall–Kier alpha value is -1.51. The molecule has 1 N–H and O–H groups in total. The summed E-state index contributed by atoms with van der Waals surface area (Å²) < 4.78 is 5.12. The number of hydrogen-bond donors (Lipinski definition) is 1. The minimum atomic E-state index is -1.08.